The number of hydrogen-bond donors (Lipinski definition) is 1. The normalized spacial score (nSPS) is 20.3. The van der Waals surface area contributed by atoms with Crippen molar-refractivity contribution in [2.24, 2.45) is 0 Å². The molecule has 0 saturated carbocycles. The standard InChI is InChI=1S/C11H19N5O/c1-8-9(2)14-15-11(13-8)16(3)7-10-6-12-4-5-17-10/h10,12H,4-7H2,1-3H3. The van der Waals surface area contributed by atoms with Gasteiger partial charge in [-0.05, 0) is 13.8 Å². The van der Waals surface area contributed by atoms with Crippen LogP contribution in [0.4, 0.5) is 5.95 Å². The van der Waals surface area contributed by atoms with Gasteiger partial charge in [0.05, 0.1) is 24.1 Å². The van der Waals surface area contributed by atoms with Crippen LogP contribution in [-0.2, 0) is 4.74 Å². The quantitative estimate of drug-likeness (QED) is 0.793. The molecule has 0 spiro atoms. The molecule has 1 saturated heterocycles. The maximum atomic E-state index is 5.64. The summed E-state index contributed by atoms with van der Waals surface area (Å²) in [6.45, 7) is 7.21. The van der Waals surface area contributed by atoms with Crippen molar-refractivity contribution in [2.45, 2.75) is 20.0 Å². The number of morpholine rings is 1. The summed E-state index contributed by atoms with van der Waals surface area (Å²) in [6, 6.07) is 0. The summed E-state index contributed by atoms with van der Waals surface area (Å²) in [6.07, 6.45) is 0.193. The molecule has 6 heteroatoms. The number of nitrogens with one attached hydrogen (secondary N) is 1. The van der Waals surface area contributed by atoms with Gasteiger partial charge >= 0.3 is 0 Å². The number of likely N-dealkylation sites (N-methyl/N-ethyl adjacent to an activating group) is 1. The zero-order valence-electron chi connectivity index (χ0n) is 10.6. The average Bonchev–Trinajstić information content (AvgIpc) is 2.34. The number of hydrogen-bond acceptors (Lipinski definition) is 6. The third kappa shape index (κ3) is 3.10. The maximum absolute atomic E-state index is 5.64. The molecule has 1 aliphatic heterocycles. The molecular formula is C11H19N5O. The van der Waals surface area contributed by atoms with E-state index in [9.17, 15) is 0 Å². The van der Waals surface area contributed by atoms with Gasteiger partial charge < -0.3 is 15.0 Å². The van der Waals surface area contributed by atoms with Crippen LogP contribution < -0.4 is 10.2 Å². The highest BCUT2D eigenvalue weighted by molar-refractivity contribution is 5.28. The minimum absolute atomic E-state index is 0.193. The fraction of sp³-hybridized carbons (Fsp3) is 0.727. The molecule has 1 aromatic rings. The molecule has 0 amide bonds. The summed E-state index contributed by atoms with van der Waals surface area (Å²) in [5, 5.41) is 11.5. The number of rotatable bonds is 3. The third-order valence-electron chi connectivity index (χ3n) is 2.90. The Morgan fingerprint density at radius 1 is 1.35 bits per heavy atom. The SMILES string of the molecule is Cc1nnc(N(C)CC2CNCCO2)nc1C. The second kappa shape index (κ2) is 5.37. The first-order valence-corrected chi connectivity index (χ1v) is 5.88. The second-order valence-corrected chi connectivity index (χ2v) is 4.36. The van der Waals surface area contributed by atoms with Gasteiger partial charge in [-0.3, -0.25) is 0 Å². The Bertz CT molecular complexity index is 378. The van der Waals surface area contributed by atoms with Gasteiger partial charge in [0.1, 0.15) is 0 Å². The lowest BCUT2D eigenvalue weighted by atomic mass is 10.3. The Morgan fingerprint density at radius 3 is 2.82 bits per heavy atom. The Kier molecular flexibility index (Phi) is 3.86. The Morgan fingerprint density at radius 2 is 2.18 bits per heavy atom. The molecular weight excluding hydrogens is 218 g/mol. The first kappa shape index (κ1) is 12.2. The van der Waals surface area contributed by atoms with Gasteiger partial charge in [0, 0.05) is 26.7 Å². The van der Waals surface area contributed by atoms with Crippen molar-refractivity contribution < 1.29 is 4.74 Å². The zero-order valence-corrected chi connectivity index (χ0v) is 10.6. The smallest absolute Gasteiger partial charge is 0.245 e. The molecule has 0 aliphatic carbocycles. The minimum Gasteiger partial charge on any atom is -0.374 e. The van der Waals surface area contributed by atoms with E-state index in [1.54, 1.807) is 0 Å². The van der Waals surface area contributed by atoms with Crippen LogP contribution in [0.3, 0.4) is 0 Å². The largest absolute Gasteiger partial charge is 0.374 e. The van der Waals surface area contributed by atoms with Crippen LogP contribution in [0.2, 0.25) is 0 Å². The van der Waals surface area contributed by atoms with E-state index in [4.69, 9.17) is 4.74 Å². The van der Waals surface area contributed by atoms with Gasteiger partial charge in [-0.1, -0.05) is 0 Å². The lowest BCUT2D eigenvalue weighted by molar-refractivity contribution is 0.0338. The monoisotopic (exact) mass is 237 g/mol. The van der Waals surface area contributed by atoms with E-state index in [1.807, 2.05) is 25.8 Å². The predicted molar refractivity (Wildman–Crippen MR) is 65.2 cm³/mol. The Hall–Kier alpha value is -1.27. The number of aryl methyl sites for hydroxylation is 2. The summed E-state index contributed by atoms with van der Waals surface area (Å²) in [5.41, 5.74) is 1.79. The van der Waals surface area contributed by atoms with Gasteiger partial charge in [-0.15, -0.1) is 5.10 Å². The van der Waals surface area contributed by atoms with E-state index in [2.05, 4.69) is 20.5 Å². The molecule has 1 atom stereocenters. The first-order valence-electron chi connectivity index (χ1n) is 5.88. The fourth-order valence-electron chi connectivity index (χ4n) is 1.73. The molecule has 6 nitrogen and oxygen atoms in total. The Labute approximate surface area is 101 Å². The average molecular weight is 237 g/mol. The van der Waals surface area contributed by atoms with E-state index >= 15 is 0 Å². The fourth-order valence-corrected chi connectivity index (χ4v) is 1.73. The molecule has 0 aromatic carbocycles. The highest BCUT2D eigenvalue weighted by Gasteiger charge is 2.17. The molecule has 1 fully saturated rings. The van der Waals surface area contributed by atoms with E-state index in [1.165, 1.54) is 0 Å². The zero-order chi connectivity index (χ0) is 12.3. The number of ether oxygens (including phenoxy) is 1. The molecule has 17 heavy (non-hydrogen) atoms. The summed E-state index contributed by atoms with van der Waals surface area (Å²) >= 11 is 0. The summed E-state index contributed by atoms with van der Waals surface area (Å²) in [7, 11) is 1.96. The van der Waals surface area contributed by atoms with Crippen molar-refractivity contribution >= 4 is 5.95 Å². The van der Waals surface area contributed by atoms with Crippen LogP contribution in [0.5, 0.6) is 0 Å². The molecule has 1 N–H and O–H groups in total. The van der Waals surface area contributed by atoms with E-state index in [0.717, 1.165) is 37.6 Å². The van der Waals surface area contributed by atoms with Gasteiger partial charge in [0.25, 0.3) is 0 Å². The van der Waals surface area contributed by atoms with Crippen molar-refractivity contribution in [1.82, 2.24) is 20.5 Å². The second-order valence-electron chi connectivity index (χ2n) is 4.36. The van der Waals surface area contributed by atoms with Crippen LogP contribution >= 0.6 is 0 Å². The molecule has 94 valence electrons. The molecule has 0 bridgehead atoms. The van der Waals surface area contributed by atoms with Crippen LogP contribution in [0.25, 0.3) is 0 Å². The maximum Gasteiger partial charge on any atom is 0.245 e. The van der Waals surface area contributed by atoms with Gasteiger partial charge in [0.2, 0.25) is 5.95 Å². The van der Waals surface area contributed by atoms with Crippen LogP contribution in [0.15, 0.2) is 0 Å². The molecule has 1 aromatic heterocycles. The van der Waals surface area contributed by atoms with Gasteiger partial charge in [-0.2, -0.15) is 5.10 Å². The van der Waals surface area contributed by atoms with E-state index in [0.29, 0.717) is 5.95 Å². The molecule has 2 heterocycles. The molecule has 1 aliphatic rings. The number of anilines is 1. The minimum atomic E-state index is 0.193. The molecule has 2 rings (SSSR count). The number of nitrogens with zero attached hydrogens (tertiary/aromatic N) is 4. The van der Waals surface area contributed by atoms with E-state index < -0.39 is 0 Å². The Balaban J connectivity index is 1.98. The van der Waals surface area contributed by atoms with Crippen LogP contribution in [0, 0.1) is 13.8 Å². The molecule has 0 radical (unpaired) electrons. The first-order chi connectivity index (χ1) is 8.16. The van der Waals surface area contributed by atoms with Crippen molar-refractivity contribution in [1.29, 1.82) is 0 Å². The van der Waals surface area contributed by atoms with Crippen LogP contribution in [-0.4, -0.2) is 54.6 Å². The highest BCUT2D eigenvalue weighted by Crippen LogP contribution is 2.08. The lowest BCUT2D eigenvalue weighted by Gasteiger charge is -2.27. The molecule has 1 unspecified atom stereocenters. The summed E-state index contributed by atoms with van der Waals surface area (Å²) in [5.74, 6) is 0.655. The van der Waals surface area contributed by atoms with Crippen molar-refractivity contribution in [3.05, 3.63) is 11.4 Å². The van der Waals surface area contributed by atoms with Gasteiger partial charge in [-0.25, -0.2) is 4.98 Å². The summed E-state index contributed by atoms with van der Waals surface area (Å²) in [4.78, 5) is 6.40. The third-order valence-corrected chi connectivity index (χ3v) is 2.90. The number of aromatic nitrogens is 3. The lowest BCUT2D eigenvalue weighted by Crippen LogP contribution is -2.44. The summed E-state index contributed by atoms with van der Waals surface area (Å²) < 4.78 is 5.64. The highest BCUT2D eigenvalue weighted by atomic mass is 16.5. The topological polar surface area (TPSA) is 63.2 Å². The van der Waals surface area contributed by atoms with E-state index in [-0.39, 0.29) is 6.10 Å². The predicted octanol–water partition coefficient (Wildman–Crippen LogP) is -0.0870. The van der Waals surface area contributed by atoms with Crippen LogP contribution in [0.1, 0.15) is 11.4 Å². The van der Waals surface area contributed by atoms with Crippen molar-refractivity contribution in [3.8, 4) is 0 Å². The van der Waals surface area contributed by atoms with Crippen molar-refractivity contribution in [3.63, 3.8) is 0 Å². The van der Waals surface area contributed by atoms with Gasteiger partial charge in [0.15, 0.2) is 0 Å². The van der Waals surface area contributed by atoms with Crippen molar-refractivity contribution in [2.75, 3.05) is 38.2 Å².